The minimum atomic E-state index is 0.865. The van der Waals surface area contributed by atoms with Gasteiger partial charge in [-0.3, -0.25) is 0 Å². The lowest BCUT2D eigenvalue weighted by Gasteiger charge is -2.23. The maximum atomic E-state index is 4.77. The van der Waals surface area contributed by atoms with Crippen molar-refractivity contribution in [2.45, 2.75) is 52.9 Å². The predicted octanol–water partition coefficient (Wildman–Crippen LogP) is 4.85. The Morgan fingerprint density at radius 1 is 0.960 bits per heavy atom. The van der Waals surface area contributed by atoms with Gasteiger partial charge in [-0.1, -0.05) is 57.0 Å². The number of hydrogen-bond donors (Lipinski definition) is 1. The van der Waals surface area contributed by atoms with Crippen molar-refractivity contribution in [1.29, 1.82) is 0 Å². The zero-order chi connectivity index (χ0) is 17.9. The van der Waals surface area contributed by atoms with Gasteiger partial charge in [-0.2, -0.15) is 4.98 Å². The summed E-state index contributed by atoms with van der Waals surface area (Å²) in [4.78, 5) is 11.8. The first kappa shape index (κ1) is 19.2. The number of hydrogen-bond acceptors (Lipinski definition) is 4. The van der Waals surface area contributed by atoms with Gasteiger partial charge in [0.05, 0.1) is 0 Å². The van der Waals surface area contributed by atoms with Gasteiger partial charge >= 0.3 is 0 Å². The van der Waals surface area contributed by atoms with Crippen LogP contribution in [-0.2, 0) is 6.42 Å². The molecule has 25 heavy (non-hydrogen) atoms. The summed E-state index contributed by atoms with van der Waals surface area (Å²) in [5.74, 6) is 1.79. The van der Waals surface area contributed by atoms with Crippen LogP contribution in [0.25, 0.3) is 0 Å². The summed E-state index contributed by atoms with van der Waals surface area (Å²) in [6.45, 7) is 9.44. The molecule has 0 aliphatic heterocycles. The molecule has 4 nitrogen and oxygen atoms in total. The molecule has 1 N–H and O–H groups in total. The summed E-state index contributed by atoms with van der Waals surface area (Å²) in [5.41, 5.74) is 2.36. The minimum Gasteiger partial charge on any atom is -0.370 e. The average Bonchev–Trinajstić information content (AvgIpc) is 2.62. The van der Waals surface area contributed by atoms with Crippen molar-refractivity contribution in [2.75, 3.05) is 29.9 Å². The molecule has 1 aromatic carbocycles. The third-order valence-electron chi connectivity index (χ3n) is 4.25. The molecule has 0 amide bonds. The lowest BCUT2D eigenvalue weighted by atomic mass is 10.1. The van der Waals surface area contributed by atoms with Gasteiger partial charge < -0.3 is 10.2 Å². The molecular formula is C21H32N4. The van der Waals surface area contributed by atoms with E-state index in [0.717, 1.165) is 43.5 Å². The highest BCUT2D eigenvalue weighted by Gasteiger charge is 2.11. The molecular weight excluding hydrogens is 308 g/mol. The second-order valence-corrected chi connectivity index (χ2v) is 6.55. The summed E-state index contributed by atoms with van der Waals surface area (Å²) < 4.78 is 0. The Kier molecular flexibility index (Phi) is 8.23. The van der Waals surface area contributed by atoms with Crippen molar-refractivity contribution in [3.8, 4) is 0 Å². The van der Waals surface area contributed by atoms with E-state index in [4.69, 9.17) is 4.98 Å². The summed E-state index contributed by atoms with van der Waals surface area (Å²) in [7, 11) is 0. The molecule has 0 aliphatic carbocycles. The van der Waals surface area contributed by atoms with Crippen molar-refractivity contribution >= 4 is 11.8 Å². The van der Waals surface area contributed by atoms with Crippen LogP contribution >= 0.6 is 0 Å². The van der Waals surface area contributed by atoms with Gasteiger partial charge in [0.15, 0.2) is 0 Å². The molecule has 1 heterocycles. The van der Waals surface area contributed by atoms with Crippen molar-refractivity contribution < 1.29 is 0 Å². The summed E-state index contributed by atoms with van der Waals surface area (Å²) >= 11 is 0. The maximum Gasteiger partial charge on any atom is 0.227 e. The molecule has 0 saturated heterocycles. The highest BCUT2D eigenvalue weighted by molar-refractivity contribution is 5.43. The largest absolute Gasteiger partial charge is 0.370 e. The number of nitrogens with one attached hydrogen (secondary N) is 1. The molecule has 0 aliphatic rings. The predicted molar refractivity (Wildman–Crippen MR) is 107 cm³/mol. The molecule has 1 aromatic heterocycles. The van der Waals surface area contributed by atoms with Crippen LogP contribution in [-0.4, -0.2) is 29.6 Å². The topological polar surface area (TPSA) is 41.1 Å². The Balaban J connectivity index is 2.01. The zero-order valence-corrected chi connectivity index (χ0v) is 16.0. The van der Waals surface area contributed by atoms with E-state index in [-0.39, 0.29) is 0 Å². The van der Waals surface area contributed by atoms with Crippen molar-refractivity contribution in [1.82, 2.24) is 9.97 Å². The van der Waals surface area contributed by atoms with E-state index in [2.05, 4.69) is 59.4 Å². The molecule has 0 spiro atoms. The Hall–Kier alpha value is -2.10. The number of rotatable bonds is 11. The van der Waals surface area contributed by atoms with Gasteiger partial charge in [-0.25, -0.2) is 4.98 Å². The molecule has 0 unspecified atom stereocenters. The molecule has 2 rings (SSSR count). The van der Waals surface area contributed by atoms with Crippen LogP contribution < -0.4 is 10.2 Å². The third kappa shape index (κ3) is 6.73. The molecule has 0 fully saturated rings. The van der Waals surface area contributed by atoms with Gasteiger partial charge in [-0.05, 0) is 31.7 Å². The molecule has 4 heteroatoms. The Bertz CT molecular complexity index is 605. The van der Waals surface area contributed by atoms with Crippen LogP contribution in [0.15, 0.2) is 36.4 Å². The van der Waals surface area contributed by atoms with Crippen LogP contribution in [0.3, 0.4) is 0 Å². The van der Waals surface area contributed by atoms with Crippen LogP contribution in [0.4, 0.5) is 11.8 Å². The fourth-order valence-corrected chi connectivity index (χ4v) is 2.77. The van der Waals surface area contributed by atoms with Crippen LogP contribution in [0.2, 0.25) is 0 Å². The van der Waals surface area contributed by atoms with Gasteiger partial charge in [0.2, 0.25) is 5.95 Å². The van der Waals surface area contributed by atoms with E-state index < -0.39 is 0 Å². The SMILES string of the molecule is CCCCN(CCCC)c1nc(C)cc(NCCc2ccccc2)n1. The van der Waals surface area contributed by atoms with Gasteiger partial charge in [0.1, 0.15) is 5.82 Å². The van der Waals surface area contributed by atoms with E-state index in [1.807, 2.05) is 13.0 Å². The molecule has 2 aromatic rings. The van der Waals surface area contributed by atoms with E-state index >= 15 is 0 Å². The smallest absolute Gasteiger partial charge is 0.227 e. The van der Waals surface area contributed by atoms with Crippen molar-refractivity contribution in [3.63, 3.8) is 0 Å². The summed E-state index contributed by atoms with van der Waals surface area (Å²) in [6.07, 6.45) is 5.73. The lowest BCUT2D eigenvalue weighted by molar-refractivity contribution is 0.662. The summed E-state index contributed by atoms with van der Waals surface area (Å²) in [5, 5.41) is 3.46. The number of nitrogens with zero attached hydrogens (tertiary/aromatic N) is 3. The van der Waals surface area contributed by atoms with Gasteiger partial charge in [0, 0.05) is 31.4 Å². The zero-order valence-electron chi connectivity index (χ0n) is 16.0. The molecule has 0 bridgehead atoms. The number of aromatic nitrogens is 2. The maximum absolute atomic E-state index is 4.77. The van der Waals surface area contributed by atoms with E-state index in [0.29, 0.717) is 0 Å². The number of unbranched alkanes of at least 4 members (excludes halogenated alkanes) is 2. The second-order valence-electron chi connectivity index (χ2n) is 6.55. The first-order valence-electron chi connectivity index (χ1n) is 9.61. The highest BCUT2D eigenvalue weighted by atomic mass is 15.3. The van der Waals surface area contributed by atoms with Crippen molar-refractivity contribution in [2.24, 2.45) is 0 Å². The fraction of sp³-hybridized carbons (Fsp3) is 0.524. The summed E-state index contributed by atoms with van der Waals surface area (Å²) in [6, 6.07) is 12.6. The molecule has 0 radical (unpaired) electrons. The number of benzene rings is 1. The Labute approximate surface area is 152 Å². The van der Waals surface area contributed by atoms with Gasteiger partial charge in [0.25, 0.3) is 0 Å². The first-order chi connectivity index (χ1) is 12.2. The monoisotopic (exact) mass is 340 g/mol. The van der Waals surface area contributed by atoms with E-state index in [1.54, 1.807) is 0 Å². The first-order valence-corrected chi connectivity index (χ1v) is 9.61. The van der Waals surface area contributed by atoms with Crippen LogP contribution in [0.5, 0.6) is 0 Å². The quantitative estimate of drug-likeness (QED) is 0.635. The minimum absolute atomic E-state index is 0.865. The Morgan fingerprint density at radius 2 is 1.64 bits per heavy atom. The third-order valence-corrected chi connectivity index (χ3v) is 4.25. The van der Waals surface area contributed by atoms with Crippen molar-refractivity contribution in [3.05, 3.63) is 47.7 Å². The molecule has 136 valence electrons. The standard InChI is InChI=1S/C21H32N4/c1-4-6-15-25(16-7-5-2)21-23-18(3)17-20(24-21)22-14-13-19-11-9-8-10-12-19/h8-12,17H,4-7,13-16H2,1-3H3,(H,22,23,24). The van der Waals surface area contributed by atoms with Crippen LogP contribution in [0.1, 0.15) is 50.8 Å². The van der Waals surface area contributed by atoms with E-state index in [9.17, 15) is 0 Å². The fourth-order valence-electron chi connectivity index (χ4n) is 2.77. The highest BCUT2D eigenvalue weighted by Crippen LogP contribution is 2.15. The lowest BCUT2D eigenvalue weighted by Crippen LogP contribution is -2.28. The number of anilines is 2. The number of aryl methyl sites for hydroxylation is 1. The molecule has 0 saturated carbocycles. The van der Waals surface area contributed by atoms with Gasteiger partial charge in [-0.15, -0.1) is 0 Å². The Morgan fingerprint density at radius 3 is 2.28 bits per heavy atom. The normalized spacial score (nSPS) is 10.7. The van der Waals surface area contributed by atoms with E-state index in [1.165, 1.54) is 31.2 Å². The average molecular weight is 341 g/mol. The molecule has 0 atom stereocenters. The van der Waals surface area contributed by atoms with Crippen LogP contribution in [0, 0.1) is 6.92 Å². The second kappa shape index (κ2) is 10.7.